The molecule has 390 valence electrons. The summed E-state index contributed by atoms with van der Waals surface area (Å²) in [7, 11) is 0. The van der Waals surface area contributed by atoms with Crippen molar-refractivity contribution in [3.8, 4) is 61.3 Å². The van der Waals surface area contributed by atoms with Crippen LogP contribution in [0.2, 0.25) is 0 Å². The van der Waals surface area contributed by atoms with Crippen molar-refractivity contribution in [2.75, 3.05) is 9.80 Å². The molecule has 15 rings (SSSR count). The molecule has 0 atom stereocenters. The highest BCUT2D eigenvalue weighted by atomic mass is 15.2. The largest absolute Gasteiger partial charge is 0.310 e. The molecule has 0 bridgehead atoms. The fourth-order valence-electron chi connectivity index (χ4n) is 13.5. The van der Waals surface area contributed by atoms with E-state index in [0.717, 1.165) is 45.0 Å². The highest BCUT2D eigenvalue weighted by molar-refractivity contribution is 7.00. The van der Waals surface area contributed by atoms with Gasteiger partial charge >= 0.3 is 0 Å². The van der Waals surface area contributed by atoms with Gasteiger partial charge < -0.3 is 14.4 Å². The van der Waals surface area contributed by atoms with Crippen LogP contribution in [0.25, 0.3) is 83.1 Å². The molecule has 13 aromatic rings. The predicted octanol–water partition coefficient (Wildman–Crippen LogP) is 19.1. The van der Waals surface area contributed by atoms with Crippen LogP contribution in [-0.4, -0.2) is 11.3 Å². The summed E-state index contributed by atoms with van der Waals surface area (Å²) in [5.41, 5.74) is 29.5. The van der Waals surface area contributed by atoms with Gasteiger partial charge in [-0.3, -0.25) is 0 Å². The molecule has 3 heterocycles. The van der Waals surface area contributed by atoms with E-state index < -0.39 is 0 Å². The van der Waals surface area contributed by atoms with Gasteiger partial charge in [0, 0.05) is 61.5 Å². The topological polar surface area (TPSA) is 11.4 Å². The zero-order chi connectivity index (χ0) is 55.2. The fourth-order valence-corrected chi connectivity index (χ4v) is 13.5. The molecule has 0 fully saturated rings. The van der Waals surface area contributed by atoms with Gasteiger partial charge in [0.1, 0.15) is 0 Å². The summed E-state index contributed by atoms with van der Waals surface area (Å²) >= 11 is 0. The van der Waals surface area contributed by atoms with E-state index in [4.69, 9.17) is 0 Å². The van der Waals surface area contributed by atoms with E-state index in [-0.39, 0.29) is 12.1 Å². The Hall–Kier alpha value is -9.90. The molecule has 0 amide bonds. The molecule has 0 spiro atoms. The maximum atomic E-state index is 2.68. The molecule has 2 aliphatic heterocycles. The smallest absolute Gasteiger partial charge is 0.252 e. The molecule has 4 heteroatoms. The minimum atomic E-state index is -0.257. The van der Waals surface area contributed by atoms with E-state index in [2.05, 4.69) is 322 Å². The van der Waals surface area contributed by atoms with Gasteiger partial charge in [0.25, 0.3) is 6.71 Å². The first-order valence-corrected chi connectivity index (χ1v) is 28.8. The van der Waals surface area contributed by atoms with Crippen LogP contribution in [0.4, 0.5) is 34.1 Å². The fraction of sp³-hybridized carbons (Fsp3) is 0.0769. The third kappa shape index (κ3) is 8.04. The molecule has 12 aromatic carbocycles. The first kappa shape index (κ1) is 49.2. The van der Waals surface area contributed by atoms with E-state index >= 15 is 0 Å². The summed E-state index contributed by atoms with van der Waals surface area (Å²) < 4.78 is 2.48. The van der Waals surface area contributed by atoms with E-state index in [9.17, 15) is 0 Å². The van der Waals surface area contributed by atoms with Crippen LogP contribution in [0.3, 0.4) is 0 Å². The molecule has 0 N–H and O–H groups in total. The molecule has 0 saturated heterocycles. The Morgan fingerprint density at radius 1 is 0.317 bits per heavy atom. The number of hydrogen-bond acceptors (Lipinski definition) is 2. The van der Waals surface area contributed by atoms with Crippen LogP contribution in [0.15, 0.2) is 273 Å². The summed E-state index contributed by atoms with van der Waals surface area (Å²) in [6, 6.07) is 102. The van der Waals surface area contributed by atoms with Gasteiger partial charge in [0.05, 0.1) is 22.4 Å². The van der Waals surface area contributed by atoms with E-state index in [0.29, 0.717) is 0 Å². The number of hydrogen-bond donors (Lipinski definition) is 0. The summed E-state index contributed by atoms with van der Waals surface area (Å²) in [6.45, 7) is 11.4. The van der Waals surface area contributed by atoms with Crippen LogP contribution in [0.5, 0.6) is 0 Å². The molecule has 82 heavy (non-hydrogen) atoms. The molecule has 2 aliphatic rings. The van der Waals surface area contributed by atoms with Gasteiger partial charge in [-0.15, -0.1) is 0 Å². The number of para-hydroxylation sites is 4. The third-order valence-corrected chi connectivity index (χ3v) is 17.2. The summed E-state index contributed by atoms with van der Waals surface area (Å²) in [5, 5.41) is 2.48. The van der Waals surface area contributed by atoms with Crippen molar-refractivity contribution < 1.29 is 0 Å². The Balaban J connectivity index is 1.12. The molecule has 0 aliphatic carbocycles. The average Bonchev–Trinajstić information content (AvgIpc) is 2.68. The van der Waals surface area contributed by atoms with Gasteiger partial charge in [0.2, 0.25) is 0 Å². The number of anilines is 6. The first-order chi connectivity index (χ1) is 40.2. The normalized spacial score (nSPS) is 12.6. The lowest BCUT2D eigenvalue weighted by molar-refractivity contribution is 0.590. The Kier molecular flexibility index (Phi) is 11.7. The van der Waals surface area contributed by atoms with Crippen molar-refractivity contribution >= 4 is 79.0 Å². The second kappa shape index (κ2) is 19.4. The second-order valence-electron chi connectivity index (χ2n) is 23.4. The number of rotatable bonds is 8. The quantitative estimate of drug-likeness (QED) is 0.141. The third-order valence-electron chi connectivity index (χ3n) is 17.2. The Bertz CT molecular complexity index is 4440. The number of benzene rings is 12. The monoisotopic (exact) mass is 1050 g/mol. The van der Waals surface area contributed by atoms with Gasteiger partial charge in [-0.05, 0) is 117 Å². The number of aryl methyl sites for hydroxylation is 2. The Morgan fingerprint density at radius 2 is 0.720 bits per heavy atom. The van der Waals surface area contributed by atoms with Crippen LogP contribution in [0, 0.1) is 13.8 Å². The molecule has 1 aromatic heterocycles. The van der Waals surface area contributed by atoms with Crippen LogP contribution in [-0.2, 0) is 5.41 Å². The molecule has 0 radical (unpaired) electrons. The molecule has 0 saturated carbocycles. The first-order valence-electron chi connectivity index (χ1n) is 28.8. The molecule has 3 nitrogen and oxygen atoms in total. The lowest BCUT2D eigenvalue weighted by Crippen LogP contribution is -2.61. The van der Waals surface area contributed by atoms with Crippen LogP contribution < -0.4 is 26.2 Å². The van der Waals surface area contributed by atoms with E-state index in [1.54, 1.807) is 0 Å². The minimum Gasteiger partial charge on any atom is -0.310 e. The molecule has 0 unspecified atom stereocenters. The maximum absolute atomic E-state index is 2.68. The lowest BCUT2D eigenvalue weighted by atomic mass is 9.33. The van der Waals surface area contributed by atoms with Gasteiger partial charge in [-0.1, -0.05) is 262 Å². The summed E-state index contributed by atoms with van der Waals surface area (Å²) in [4.78, 5) is 5.35. The molecular formula is C78H60BN3. The van der Waals surface area contributed by atoms with Crippen LogP contribution in [0.1, 0.15) is 37.5 Å². The van der Waals surface area contributed by atoms with Crippen molar-refractivity contribution in [1.82, 2.24) is 4.57 Å². The minimum absolute atomic E-state index is 0.148. The second-order valence-corrected chi connectivity index (χ2v) is 23.4. The highest BCUT2D eigenvalue weighted by Crippen LogP contribution is 2.54. The van der Waals surface area contributed by atoms with Crippen molar-refractivity contribution in [2.45, 2.75) is 40.0 Å². The Labute approximate surface area is 481 Å². The number of aromatic nitrogens is 1. The van der Waals surface area contributed by atoms with Crippen LogP contribution >= 0.6 is 0 Å². The standard InChI is InChI=1S/C78H60BN3/c1-51-44-52(2)46-58(45-51)57-40-42-67-71(47-57)81(76-61(53-24-10-6-11-25-53)34-22-35-62(76)54-26-12-7-13-27-54)73-48-59(78(3,4)5)49-74-75(73)79(67)68-43-41-60(80-69-38-20-18-32-65(69)66-33-19-21-39-70(66)80)50-72(68)82(74)77-63(55-28-14-8-15-29-55)36-23-37-64(77)56-30-16-9-17-31-56/h6-50H,1-5H3. The Morgan fingerprint density at radius 3 is 1.16 bits per heavy atom. The predicted molar refractivity (Wildman–Crippen MR) is 350 cm³/mol. The SMILES string of the molecule is Cc1cc(C)cc(-c2ccc3c(c2)N(c2c(-c4ccccc4)cccc2-c2ccccc2)c2cc(C(C)(C)C)cc4c2B3c2ccc(-n3c5ccccc5c5ccccc53)cc2N4c2c(-c3ccccc3)cccc2-c2ccccc2)c1. The summed E-state index contributed by atoms with van der Waals surface area (Å²) in [6.07, 6.45) is 0. The van der Waals surface area contributed by atoms with Crippen molar-refractivity contribution in [2.24, 2.45) is 0 Å². The van der Waals surface area contributed by atoms with Crippen molar-refractivity contribution in [3.63, 3.8) is 0 Å². The lowest BCUT2D eigenvalue weighted by Gasteiger charge is -2.46. The van der Waals surface area contributed by atoms with Gasteiger partial charge in [-0.2, -0.15) is 0 Å². The van der Waals surface area contributed by atoms with Gasteiger partial charge in [0.15, 0.2) is 0 Å². The number of nitrogens with zero attached hydrogens (tertiary/aromatic N) is 3. The highest BCUT2D eigenvalue weighted by Gasteiger charge is 2.46. The van der Waals surface area contributed by atoms with E-state index in [1.807, 2.05) is 0 Å². The zero-order valence-electron chi connectivity index (χ0n) is 46.9. The zero-order valence-corrected chi connectivity index (χ0v) is 46.9. The molecular weight excluding hydrogens is 990 g/mol. The van der Waals surface area contributed by atoms with Crippen molar-refractivity contribution in [1.29, 1.82) is 0 Å². The van der Waals surface area contributed by atoms with Gasteiger partial charge in [-0.25, -0.2) is 0 Å². The average molecular weight is 1050 g/mol. The summed E-state index contributed by atoms with van der Waals surface area (Å²) in [5.74, 6) is 0. The van der Waals surface area contributed by atoms with E-state index in [1.165, 1.54) is 105 Å². The van der Waals surface area contributed by atoms with Crippen molar-refractivity contribution in [3.05, 3.63) is 290 Å². The number of fused-ring (bicyclic) bond motifs is 7. The maximum Gasteiger partial charge on any atom is 0.252 e.